The molecule has 10 nitrogen and oxygen atoms in total. The van der Waals surface area contributed by atoms with Crippen molar-refractivity contribution in [3.05, 3.63) is 95.7 Å². The minimum atomic E-state index is -1.16. The molecular weight excluding hydrogens is 620 g/mol. The third-order valence-corrected chi connectivity index (χ3v) is 9.57. The number of hydrogen-bond donors (Lipinski definition) is 1. The Morgan fingerprint density at radius 2 is 1.57 bits per heavy atom. The first-order valence-electron chi connectivity index (χ1n) is 17.0. The van der Waals surface area contributed by atoms with Crippen LogP contribution in [0.2, 0.25) is 0 Å². The Kier molecular flexibility index (Phi) is 10.9. The van der Waals surface area contributed by atoms with Crippen LogP contribution in [-0.2, 0) is 34.8 Å². The highest BCUT2D eigenvalue weighted by atomic mass is 16.8. The summed E-state index contributed by atoms with van der Waals surface area (Å²) in [5, 5.41) is 3.14. The maximum absolute atomic E-state index is 12.3. The van der Waals surface area contributed by atoms with Crippen LogP contribution < -0.4 is 10.2 Å². The largest absolute Gasteiger partial charge is 0.534 e. The van der Waals surface area contributed by atoms with Crippen molar-refractivity contribution in [3.63, 3.8) is 0 Å². The van der Waals surface area contributed by atoms with E-state index < -0.39 is 18.0 Å². The molecule has 2 aromatic carbocycles. The molecule has 3 aliphatic heterocycles. The summed E-state index contributed by atoms with van der Waals surface area (Å²) in [5.74, 6) is -1.30. The lowest BCUT2D eigenvalue weighted by Gasteiger charge is -2.27. The fourth-order valence-corrected chi connectivity index (χ4v) is 6.95. The zero-order chi connectivity index (χ0) is 35.2. The number of rotatable bonds is 13. The number of para-hydroxylation sites is 2. The average molecular weight is 668 g/mol. The van der Waals surface area contributed by atoms with Crippen LogP contribution in [0.5, 0.6) is 0 Å². The molecule has 1 fully saturated rings. The summed E-state index contributed by atoms with van der Waals surface area (Å²) in [6, 6.07) is 17.1. The molecule has 1 N–H and O–H groups in total. The topological polar surface area (TPSA) is 108 Å². The van der Waals surface area contributed by atoms with Gasteiger partial charge in [-0.05, 0) is 44.4 Å². The van der Waals surface area contributed by atoms with Crippen LogP contribution in [0.1, 0.15) is 77.3 Å². The molecule has 10 heteroatoms. The molecule has 49 heavy (non-hydrogen) atoms. The van der Waals surface area contributed by atoms with Crippen molar-refractivity contribution in [2.24, 2.45) is 0 Å². The van der Waals surface area contributed by atoms with Crippen molar-refractivity contribution in [1.29, 1.82) is 0 Å². The van der Waals surface area contributed by atoms with E-state index in [2.05, 4.69) is 133 Å². The van der Waals surface area contributed by atoms with Crippen molar-refractivity contribution in [3.8, 4) is 0 Å². The molecule has 0 bridgehead atoms. The van der Waals surface area contributed by atoms with E-state index >= 15 is 0 Å². The van der Waals surface area contributed by atoms with Gasteiger partial charge >= 0.3 is 6.16 Å². The van der Waals surface area contributed by atoms with Gasteiger partial charge in [0.2, 0.25) is 11.6 Å². The maximum atomic E-state index is 12.3. The maximum Gasteiger partial charge on any atom is 0.534 e. The quantitative estimate of drug-likeness (QED) is 0.0869. The Bertz CT molecular complexity index is 1720. The van der Waals surface area contributed by atoms with Crippen LogP contribution in [0.25, 0.3) is 0 Å². The van der Waals surface area contributed by atoms with Crippen LogP contribution in [0.15, 0.2) is 84.6 Å². The van der Waals surface area contributed by atoms with Crippen molar-refractivity contribution in [1.82, 2.24) is 10.4 Å². The number of ether oxygens (including phenoxy) is 1. The number of carbonyl (C=O) groups excluding carboxylic acids is 4. The lowest BCUT2D eigenvalue weighted by molar-refractivity contribution is -0.401. The van der Waals surface area contributed by atoms with E-state index in [1.807, 2.05) is 0 Å². The molecule has 0 unspecified atom stereocenters. The summed E-state index contributed by atoms with van der Waals surface area (Å²) < 4.78 is 7.13. The van der Waals surface area contributed by atoms with Crippen molar-refractivity contribution in [2.75, 3.05) is 31.6 Å². The predicted molar refractivity (Wildman–Crippen MR) is 188 cm³/mol. The number of benzene rings is 2. The molecule has 3 amide bonds. The molecule has 5 rings (SSSR count). The van der Waals surface area contributed by atoms with Crippen LogP contribution in [0.4, 0.5) is 16.2 Å². The molecule has 0 spiro atoms. The molecule has 0 radical (unpaired) electrons. The number of nitrogens with one attached hydrogen (secondary N) is 1. The molecule has 0 saturated carbocycles. The normalized spacial score (nSPS) is 18.6. The number of imide groups is 1. The number of anilines is 1. The fourth-order valence-electron chi connectivity index (χ4n) is 6.95. The molecule has 0 aromatic heterocycles. The third kappa shape index (κ3) is 7.69. The van der Waals surface area contributed by atoms with E-state index in [1.165, 1.54) is 33.9 Å². The highest BCUT2D eigenvalue weighted by Crippen LogP contribution is 2.47. The molecule has 1 saturated heterocycles. The fraction of sp³-hybridized carbons (Fsp3) is 0.410. The van der Waals surface area contributed by atoms with E-state index in [0.29, 0.717) is 11.5 Å². The predicted octanol–water partition coefficient (Wildman–Crippen LogP) is 6.38. The molecule has 0 aliphatic carbocycles. The lowest BCUT2D eigenvalue weighted by Crippen LogP contribution is -2.33. The molecule has 3 aliphatic rings. The molecule has 2 aromatic rings. The number of carbonyl (C=O) groups is 4. The first-order valence-corrected chi connectivity index (χ1v) is 17.0. The highest BCUT2D eigenvalue weighted by Gasteiger charge is 2.42. The number of nitrogens with zero attached hydrogens (tertiary/aromatic N) is 3. The summed E-state index contributed by atoms with van der Waals surface area (Å²) in [4.78, 5) is 54.1. The second kappa shape index (κ2) is 15.1. The minimum Gasteiger partial charge on any atom is -0.431 e. The number of unbranched alkanes of at least 4 members (excludes halogenated alkanes) is 2. The van der Waals surface area contributed by atoms with Crippen molar-refractivity contribution >= 4 is 41.0 Å². The summed E-state index contributed by atoms with van der Waals surface area (Å²) in [7, 11) is 2.13. The number of fused-ring (bicyclic) bond motifs is 2. The van der Waals surface area contributed by atoms with Crippen LogP contribution >= 0.6 is 0 Å². The van der Waals surface area contributed by atoms with Gasteiger partial charge in [-0.3, -0.25) is 19.2 Å². The first-order chi connectivity index (χ1) is 23.4. The zero-order valence-corrected chi connectivity index (χ0v) is 29.2. The van der Waals surface area contributed by atoms with Gasteiger partial charge in [0.1, 0.15) is 13.7 Å². The second-order valence-corrected chi connectivity index (χ2v) is 13.6. The van der Waals surface area contributed by atoms with E-state index in [0.717, 1.165) is 25.8 Å². The van der Waals surface area contributed by atoms with Gasteiger partial charge in [0, 0.05) is 60.3 Å². The number of allylic oxidation sites excluding steroid dienone is 6. The highest BCUT2D eigenvalue weighted by molar-refractivity contribution is 6.03. The monoisotopic (exact) mass is 667 g/mol. The summed E-state index contributed by atoms with van der Waals surface area (Å²) in [6.07, 6.45) is 12.5. The molecule has 3 heterocycles. The Morgan fingerprint density at radius 1 is 0.878 bits per heavy atom. The second-order valence-electron chi connectivity index (χ2n) is 13.6. The minimum absolute atomic E-state index is 0.00587. The Morgan fingerprint density at radius 3 is 2.31 bits per heavy atom. The number of hydrogen-bond acceptors (Lipinski definition) is 7. The van der Waals surface area contributed by atoms with E-state index in [-0.39, 0.29) is 42.7 Å². The van der Waals surface area contributed by atoms with E-state index in [4.69, 9.17) is 4.74 Å². The summed E-state index contributed by atoms with van der Waals surface area (Å²) >= 11 is 0. The SMILES string of the molecule is C[N+]1=C(C=CC=CC=C2N(CCCCCC(=O)NCCOC(=O)ON3C(=O)CCC3=O)c3ccccc3C2(C)C)C(C)(C)c2ccccc21. The van der Waals surface area contributed by atoms with Gasteiger partial charge in [0.15, 0.2) is 5.71 Å². The third-order valence-electron chi connectivity index (χ3n) is 9.57. The van der Waals surface area contributed by atoms with Gasteiger partial charge in [0.05, 0.1) is 12.0 Å². The van der Waals surface area contributed by atoms with Crippen LogP contribution in [0, 0.1) is 0 Å². The van der Waals surface area contributed by atoms with Crippen molar-refractivity contribution < 1.29 is 33.3 Å². The standard InChI is InChI=1S/C39H46N4O6/c1-38(2)28-16-11-13-18-30(28)41(5)32(38)20-8-6-9-21-33-39(3,4)29-17-12-14-19-31(29)42(33)26-15-7-10-22-34(44)40-25-27-48-37(47)49-43-35(45)23-24-36(43)46/h6,8-9,11-14,16-21H,7,10,15,22-27H2,1-5H3/p+1. The molecule has 0 atom stereocenters. The van der Waals surface area contributed by atoms with Gasteiger partial charge in [-0.1, -0.05) is 80.0 Å². The summed E-state index contributed by atoms with van der Waals surface area (Å²) in [5.41, 5.74) is 7.41. The number of amides is 3. The van der Waals surface area contributed by atoms with Gasteiger partial charge < -0.3 is 15.0 Å². The molecular formula is C39H47N4O6+. The average Bonchev–Trinajstić information content (AvgIpc) is 3.58. The Balaban J connectivity index is 1.09. The lowest BCUT2D eigenvalue weighted by atomic mass is 9.81. The Hall–Kier alpha value is -4.99. The van der Waals surface area contributed by atoms with Gasteiger partial charge in [-0.2, -0.15) is 4.58 Å². The van der Waals surface area contributed by atoms with Gasteiger partial charge in [0.25, 0.3) is 11.8 Å². The number of hydroxylamine groups is 2. The molecule has 258 valence electrons. The zero-order valence-electron chi connectivity index (χ0n) is 29.2. The smallest absolute Gasteiger partial charge is 0.431 e. The van der Waals surface area contributed by atoms with E-state index in [9.17, 15) is 19.2 Å². The van der Waals surface area contributed by atoms with Crippen molar-refractivity contribution in [2.45, 2.75) is 77.0 Å². The van der Waals surface area contributed by atoms with Crippen LogP contribution in [0.3, 0.4) is 0 Å². The summed E-state index contributed by atoms with van der Waals surface area (Å²) in [6.45, 7) is 9.89. The first kappa shape index (κ1) is 35.3. The van der Waals surface area contributed by atoms with E-state index in [1.54, 1.807) is 0 Å². The van der Waals surface area contributed by atoms with Crippen LogP contribution in [-0.4, -0.2) is 66.0 Å². The Labute approximate surface area is 288 Å². The van der Waals surface area contributed by atoms with Gasteiger partial charge in [-0.25, -0.2) is 4.79 Å². The van der Waals surface area contributed by atoms with Gasteiger partial charge in [-0.15, -0.1) is 0 Å².